The summed E-state index contributed by atoms with van der Waals surface area (Å²) in [6.45, 7) is 3.82. The van der Waals surface area contributed by atoms with Crippen molar-refractivity contribution in [3.63, 3.8) is 0 Å². The quantitative estimate of drug-likeness (QED) is 0.0258. The Hall–Kier alpha value is -1.35. The Morgan fingerprint density at radius 3 is 1.16 bits per heavy atom. The number of unbranched alkanes of at least 4 members (excludes halogenated alkanes) is 33. The van der Waals surface area contributed by atoms with Crippen LogP contribution in [0, 0.1) is 0 Å². The third-order valence-corrected chi connectivity index (χ3v) is 13.2. The molecule has 0 radical (unpaired) electrons. The van der Waals surface area contributed by atoms with Gasteiger partial charge in [-0.2, -0.15) is 8.42 Å². The molecule has 0 aromatic rings. The summed E-state index contributed by atoms with van der Waals surface area (Å²) in [6, 6.07) is 0. The molecule has 0 aromatic heterocycles. The predicted molar refractivity (Wildman–Crippen MR) is 252 cm³/mol. The van der Waals surface area contributed by atoms with E-state index in [1.165, 1.54) is 173 Å². The van der Waals surface area contributed by atoms with Gasteiger partial charge in [-0.15, -0.1) is 0 Å². The Morgan fingerprint density at radius 2 is 0.810 bits per heavy atom. The smallest absolute Gasteiger partial charge is 0.306 e. The minimum atomic E-state index is -4.60. The van der Waals surface area contributed by atoms with Crippen LogP contribution in [0.25, 0.3) is 0 Å². The zero-order valence-corrected chi connectivity index (χ0v) is 41.0. The molecule has 1 fully saturated rings. The molecular formula is C50H96O12S. The topological polar surface area (TPSA) is 186 Å². The van der Waals surface area contributed by atoms with Gasteiger partial charge < -0.3 is 34.3 Å². The molecule has 1 saturated heterocycles. The molecule has 0 aromatic carbocycles. The lowest BCUT2D eigenvalue weighted by Crippen LogP contribution is -2.60. The number of aliphatic hydroxyl groups excluding tert-OH is 3. The Kier molecular flexibility index (Phi) is 38.7. The van der Waals surface area contributed by atoms with Crippen molar-refractivity contribution in [2.45, 2.75) is 288 Å². The summed E-state index contributed by atoms with van der Waals surface area (Å²) in [5.74, 6) is -1.96. The fourth-order valence-electron chi connectivity index (χ4n) is 8.39. The van der Waals surface area contributed by atoms with Crippen LogP contribution in [0.15, 0.2) is 0 Å². The Morgan fingerprint density at radius 1 is 0.476 bits per heavy atom. The van der Waals surface area contributed by atoms with Gasteiger partial charge >= 0.3 is 11.9 Å². The maximum Gasteiger partial charge on any atom is 0.306 e. The number of ether oxygens (including phenoxy) is 4. The molecule has 0 aliphatic carbocycles. The van der Waals surface area contributed by atoms with Gasteiger partial charge in [-0.25, -0.2) is 0 Å². The molecule has 0 amide bonds. The zero-order valence-electron chi connectivity index (χ0n) is 40.2. The van der Waals surface area contributed by atoms with Gasteiger partial charge in [0.1, 0.15) is 36.8 Å². The van der Waals surface area contributed by atoms with Gasteiger partial charge in [-0.05, 0) is 12.8 Å². The van der Waals surface area contributed by atoms with E-state index in [0.29, 0.717) is 12.8 Å². The van der Waals surface area contributed by atoms with E-state index in [2.05, 4.69) is 13.8 Å². The van der Waals surface area contributed by atoms with Gasteiger partial charge in [0, 0.05) is 12.8 Å². The minimum Gasteiger partial charge on any atom is -0.462 e. The summed E-state index contributed by atoms with van der Waals surface area (Å²) < 4.78 is 54.3. The molecule has 4 N–H and O–H groups in total. The van der Waals surface area contributed by atoms with Gasteiger partial charge in [0.25, 0.3) is 10.1 Å². The fourth-order valence-corrected chi connectivity index (χ4v) is 9.08. The van der Waals surface area contributed by atoms with Crippen molar-refractivity contribution in [1.82, 2.24) is 0 Å². The normalized spacial score (nSPS) is 19.6. The number of aliphatic hydroxyl groups is 3. The summed E-state index contributed by atoms with van der Waals surface area (Å²) in [6.07, 6.45) is 34.2. The van der Waals surface area contributed by atoms with Crippen molar-refractivity contribution in [3.8, 4) is 0 Å². The van der Waals surface area contributed by atoms with E-state index >= 15 is 0 Å². The van der Waals surface area contributed by atoms with Crippen molar-refractivity contribution in [2.24, 2.45) is 0 Å². The summed E-state index contributed by atoms with van der Waals surface area (Å²) in [7, 11) is -4.60. The number of rotatable bonds is 45. The van der Waals surface area contributed by atoms with Crippen LogP contribution in [0.4, 0.5) is 0 Å². The van der Waals surface area contributed by atoms with E-state index in [9.17, 15) is 37.9 Å². The maximum atomic E-state index is 12.9. The first-order chi connectivity index (χ1) is 30.5. The Bertz CT molecular complexity index is 1170. The van der Waals surface area contributed by atoms with Crippen LogP contribution < -0.4 is 0 Å². The fraction of sp³-hybridized carbons (Fsp3) is 0.960. The van der Waals surface area contributed by atoms with Crippen molar-refractivity contribution in [3.05, 3.63) is 0 Å². The highest BCUT2D eigenvalue weighted by Crippen LogP contribution is 2.24. The van der Waals surface area contributed by atoms with Crippen molar-refractivity contribution in [2.75, 3.05) is 19.0 Å². The molecule has 374 valence electrons. The van der Waals surface area contributed by atoms with Crippen LogP contribution in [-0.4, -0.2) is 96.0 Å². The van der Waals surface area contributed by atoms with Gasteiger partial charge in [0.15, 0.2) is 12.4 Å². The SMILES string of the molecule is CCCCCCCCCCCCCCCCCCCCC(=O)O[C@H](COC(=O)CCCCCCCCCCCCCCCCCCC)CO[C@H]1O[C@H](CS(=O)(=O)O)[C@@H](O)C(O)C1O. The van der Waals surface area contributed by atoms with Gasteiger partial charge in [-0.3, -0.25) is 14.1 Å². The highest BCUT2D eigenvalue weighted by molar-refractivity contribution is 7.85. The number of carbonyl (C=O) groups is 2. The van der Waals surface area contributed by atoms with Crippen LogP contribution in [-0.2, 0) is 38.7 Å². The second kappa shape index (κ2) is 40.9. The average Bonchev–Trinajstić information content (AvgIpc) is 3.25. The highest BCUT2D eigenvalue weighted by Gasteiger charge is 2.46. The molecule has 13 heteroatoms. The van der Waals surface area contributed by atoms with E-state index in [4.69, 9.17) is 18.9 Å². The molecule has 0 saturated carbocycles. The van der Waals surface area contributed by atoms with Crippen molar-refractivity contribution >= 4 is 22.1 Å². The van der Waals surface area contributed by atoms with E-state index in [-0.39, 0.29) is 19.4 Å². The summed E-state index contributed by atoms with van der Waals surface area (Å²) in [4.78, 5) is 25.5. The second-order valence-corrected chi connectivity index (χ2v) is 20.1. The summed E-state index contributed by atoms with van der Waals surface area (Å²) >= 11 is 0. The lowest BCUT2D eigenvalue weighted by molar-refractivity contribution is -0.297. The molecule has 1 aliphatic rings. The summed E-state index contributed by atoms with van der Waals surface area (Å²) in [5, 5.41) is 31.0. The molecule has 12 nitrogen and oxygen atoms in total. The van der Waals surface area contributed by atoms with Crippen LogP contribution in [0.2, 0.25) is 0 Å². The standard InChI is InChI=1S/C50H96O12S/c1-3-5-7-9-11-13-15-17-19-21-23-25-27-29-31-33-35-37-39-46(52)61-43(41-60-50-49(55)48(54)47(53)44(62-50)42-63(56,57)58)40-59-45(51)38-36-34-32-30-28-26-24-22-20-18-16-14-12-10-8-6-4-2/h43-44,47-50,53-55H,3-42H2,1-2H3,(H,56,57,58)/t43-,44-,47-,48?,49?,50+/m1/s1. The van der Waals surface area contributed by atoms with Crippen LogP contribution >= 0.6 is 0 Å². The third-order valence-electron chi connectivity index (χ3n) is 12.4. The van der Waals surface area contributed by atoms with Crippen molar-refractivity contribution in [1.29, 1.82) is 0 Å². The lowest BCUT2D eigenvalue weighted by Gasteiger charge is -2.40. The molecule has 63 heavy (non-hydrogen) atoms. The first-order valence-electron chi connectivity index (χ1n) is 26.1. The van der Waals surface area contributed by atoms with Crippen molar-refractivity contribution < 1.29 is 56.8 Å². The van der Waals surface area contributed by atoms with E-state index in [0.717, 1.165) is 38.5 Å². The third kappa shape index (κ3) is 35.5. The molecule has 1 rings (SSSR count). The van der Waals surface area contributed by atoms with E-state index in [1.54, 1.807) is 0 Å². The van der Waals surface area contributed by atoms with Gasteiger partial charge in [-0.1, -0.05) is 226 Å². The van der Waals surface area contributed by atoms with E-state index in [1.807, 2.05) is 0 Å². The maximum absolute atomic E-state index is 12.9. The Balaban J connectivity index is 2.35. The van der Waals surface area contributed by atoms with Crippen LogP contribution in [0.3, 0.4) is 0 Å². The highest BCUT2D eigenvalue weighted by atomic mass is 32.2. The molecule has 6 atom stereocenters. The second-order valence-electron chi connectivity index (χ2n) is 18.6. The number of hydrogen-bond donors (Lipinski definition) is 4. The molecule has 2 unspecified atom stereocenters. The largest absolute Gasteiger partial charge is 0.462 e. The van der Waals surface area contributed by atoms with Gasteiger partial charge in [0.2, 0.25) is 0 Å². The first kappa shape index (κ1) is 59.7. The number of hydrogen-bond acceptors (Lipinski definition) is 11. The number of esters is 2. The van der Waals surface area contributed by atoms with Gasteiger partial charge in [0.05, 0.1) is 6.61 Å². The number of carbonyl (C=O) groups excluding carboxylic acids is 2. The van der Waals surface area contributed by atoms with Crippen LogP contribution in [0.1, 0.15) is 251 Å². The van der Waals surface area contributed by atoms with Crippen LogP contribution in [0.5, 0.6) is 0 Å². The molecule has 1 aliphatic heterocycles. The molecule has 0 spiro atoms. The van der Waals surface area contributed by atoms with E-state index < -0.39 is 71.2 Å². The predicted octanol–water partition coefficient (Wildman–Crippen LogP) is 11.6. The zero-order chi connectivity index (χ0) is 46.2. The lowest BCUT2D eigenvalue weighted by atomic mass is 10.00. The Labute approximate surface area is 384 Å². The average molecular weight is 921 g/mol. The molecule has 0 bridgehead atoms. The summed E-state index contributed by atoms with van der Waals surface area (Å²) in [5.41, 5.74) is 0. The monoisotopic (exact) mass is 921 g/mol. The molecule has 1 heterocycles. The minimum absolute atomic E-state index is 0.173. The molecular weight excluding hydrogens is 825 g/mol. The first-order valence-corrected chi connectivity index (χ1v) is 27.7.